The highest BCUT2D eigenvalue weighted by atomic mass is 35.5. The molecule has 0 radical (unpaired) electrons. The predicted octanol–water partition coefficient (Wildman–Crippen LogP) is 3.55. The highest BCUT2D eigenvalue weighted by molar-refractivity contribution is 7.17. The quantitative estimate of drug-likeness (QED) is 0.824. The van der Waals surface area contributed by atoms with Gasteiger partial charge in [0, 0.05) is 10.9 Å². The Morgan fingerprint density at radius 3 is 2.79 bits per heavy atom. The summed E-state index contributed by atoms with van der Waals surface area (Å²) in [6.45, 7) is 0. The minimum Gasteiger partial charge on any atom is -0.317 e. The van der Waals surface area contributed by atoms with E-state index in [1.54, 1.807) is 11.3 Å². The van der Waals surface area contributed by atoms with Gasteiger partial charge >= 0.3 is 0 Å². The van der Waals surface area contributed by atoms with Crippen LogP contribution in [0.5, 0.6) is 0 Å². The van der Waals surface area contributed by atoms with E-state index >= 15 is 0 Å². The summed E-state index contributed by atoms with van der Waals surface area (Å²) in [5, 5.41) is 4.06. The van der Waals surface area contributed by atoms with Gasteiger partial charge in [-0.25, -0.2) is 0 Å². The Balaban J connectivity index is 0.000000980. The van der Waals surface area contributed by atoms with Crippen LogP contribution < -0.4 is 5.32 Å². The van der Waals surface area contributed by atoms with Gasteiger partial charge in [0.25, 0.3) is 0 Å². The molecular weight excluding hydrogens is 261 g/mol. The molecule has 1 heterocycles. The molecule has 0 bridgehead atoms. The number of rotatable bonds is 1. The van der Waals surface area contributed by atoms with Crippen LogP contribution in [0.15, 0.2) is 0 Å². The van der Waals surface area contributed by atoms with Gasteiger partial charge < -0.3 is 5.32 Å². The lowest BCUT2D eigenvalue weighted by Gasteiger charge is -2.21. The third kappa shape index (κ3) is 2.20. The highest BCUT2D eigenvalue weighted by Gasteiger charge is 2.23. The molecule has 0 spiro atoms. The van der Waals surface area contributed by atoms with Crippen molar-refractivity contribution < 1.29 is 0 Å². The fourth-order valence-electron chi connectivity index (χ4n) is 1.76. The first kappa shape index (κ1) is 12.6. The molecule has 1 atom stereocenters. The molecular formula is C9H12Cl3NS. The molecule has 1 nitrogen and oxygen atoms in total. The van der Waals surface area contributed by atoms with Crippen LogP contribution >= 0.6 is 46.9 Å². The van der Waals surface area contributed by atoms with Crippen LogP contribution in [0.4, 0.5) is 0 Å². The molecule has 0 fully saturated rings. The van der Waals surface area contributed by atoms with Gasteiger partial charge in [-0.1, -0.05) is 23.2 Å². The molecule has 0 amide bonds. The molecule has 1 aliphatic rings. The molecule has 1 unspecified atom stereocenters. The van der Waals surface area contributed by atoms with Crippen molar-refractivity contribution in [1.82, 2.24) is 5.32 Å². The van der Waals surface area contributed by atoms with Crippen molar-refractivity contribution >= 4 is 46.9 Å². The maximum absolute atomic E-state index is 6.10. The summed E-state index contributed by atoms with van der Waals surface area (Å²) in [4.78, 5) is 1.38. The van der Waals surface area contributed by atoms with Gasteiger partial charge in [-0.3, -0.25) is 0 Å². The molecule has 5 heteroatoms. The van der Waals surface area contributed by atoms with Crippen molar-refractivity contribution in [2.24, 2.45) is 0 Å². The summed E-state index contributed by atoms with van der Waals surface area (Å²) >= 11 is 13.7. The van der Waals surface area contributed by atoms with Crippen molar-refractivity contribution in [2.45, 2.75) is 25.3 Å². The van der Waals surface area contributed by atoms with E-state index in [1.807, 2.05) is 7.05 Å². The fraction of sp³-hybridized carbons (Fsp3) is 0.556. The second-order valence-electron chi connectivity index (χ2n) is 3.32. The molecule has 14 heavy (non-hydrogen) atoms. The van der Waals surface area contributed by atoms with E-state index in [0.717, 1.165) is 22.2 Å². The largest absolute Gasteiger partial charge is 0.317 e. The maximum Gasteiger partial charge on any atom is 0.112 e. The first-order valence-electron chi connectivity index (χ1n) is 4.35. The minimum absolute atomic E-state index is 0. The highest BCUT2D eigenvalue weighted by Crippen LogP contribution is 2.40. The zero-order chi connectivity index (χ0) is 9.42. The fourth-order valence-corrected chi connectivity index (χ4v) is 3.48. The van der Waals surface area contributed by atoms with Crippen LogP contribution in [0.1, 0.15) is 16.9 Å². The van der Waals surface area contributed by atoms with Crippen LogP contribution in [0, 0.1) is 0 Å². The van der Waals surface area contributed by atoms with E-state index in [-0.39, 0.29) is 12.4 Å². The lowest BCUT2D eigenvalue weighted by Crippen LogP contribution is -2.30. The molecule has 0 saturated heterocycles. The predicted molar refractivity (Wildman–Crippen MR) is 66.5 cm³/mol. The lowest BCUT2D eigenvalue weighted by molar-refractivity contribution is 0.501. The summed E-state index contributed by atoms with van der Waals surface area (Å²) < 4.78 is 0.753. The molecule has 80 valence electrons. The average molecular weight is 273 g/mol. The number of aryl methyl sites for hydroxylation is 1. The Morgan fingerprint density at radius 1 is 1.43 bits per heavy atom. The Morgan fingerprint density at radius 2 is 2.14 bits per heavy atom. The molecule has 0 aromatic carbocycles. The van der Waals surface area contributed by atoms with Crippen molar-refractivity contribution in [3.63, 3.8) is 0 Å². The zero-order valence-electron chi connectivity index (χ0n) is 7.77. The first-order valence-corrected chi connectivity index (χ1v) is 5.92. The molecule has 2 rings (SSSR count). The van der Waals surface area contributed by atoms with Gasteiger partial charge in [0.1, 0.15) is 4.34 Å². The standard InChI is InChI=1S/C9H11Cl2NS.ClH/c1-12-5-2-3-7-6(4-5)8(10)9(11)13-7;/h5,12H,2-4H2,1H3;1H. The summed E-state index contributed by atoms with van der Waals surface area (Å²) in [7, 11) is 2.00. The molecule has 1 aromatic heterocycles. The van der Waals surface area contributed by atoms with E-state index in [9.17, 15) is 0 Å². The first-order chi connectivity index (χ1) is 6.22. The van der Waals surface area contributed by atoms with Crippen LogP contribution in [0.2, 0.25) is 9.36 Å². The number of likely N-dealkylation sites (N-methyl/N-ethyl adjacent to an activating group) is 1. The van der Waals surface area contributed by atoms with E-state index in [4.69, 9.17) is 23.2 Å². The van der Waals surface area contributed by atoms with Crippen molar-refractivity contribution in [3.05, 3.63) is 19.8 Å². The summed E-state index contributed by atoms with van der Waals surface area (Å²) in [5.41, 5.74) is 1.27. The van der Waals surface area contributed by atoms with Crippen molar-refractivity contribution in [1.29, 1.82) is 0 Å². The summed E-state index contributed by atoms with van der Waals surface area (Å²) in [6.07, 6.45) is 3.32. The van der Waals surface area contributed by atoms with Gasteiger partial charge in [0.15, 0.2) is 0 Å². The van der Waals surface area contributed by atoms with E-state index in [2.05, 4.69) is 5.32 Å². The normalized spacial score (nSPS) is 20.1. The molecule has 1 N–H and O–H groups in total. The molecule has 0 aliphatic heterocycles. The van der Waals surface area contributed by atoms with Crippen molar-refractivity contribution in [2.75, 3.05) is 7.05 Å². The smallest absolute Gasteiger partial charge is 0.112 e. The van der Waals surface area contributed by atoms with Crippen LogP contribution in [0.3, 0.4) is 0 Å². The summed E-state index contributed by atoms with van der Waals surface area (Å²) in [5.74, 6) is 0. The molecule has 1 aromatic rings. The van der Waals surface area contributed by atoms with E-state index in [0.29, 0.717) is 6.04 Å². The second-order valence-corrected chi connectivity index (χ2v) is 5.41. The Bertz CT molecular complexity index is 324. The number of nitrogens with one attached hydrogen (secondary N) is 1. The van der Waals surface area contributed by atoms with Gasteiger partial charge in [0.05, 0.1) is 5.02 Å². The van der Waals surface area contributed by atoms with E-state index < -0.39 is 0 Å². The number of hydrogen-bond acceptors (Lipinski definition) is 2. The van der Waals surface area contributed by atoms with Crippen LogP contribution in [-0.2, 0) is 12.8 Å². The zero-order valence-corrected chi connectivity index (χ0v) is 10.9. The van der Waals surface area contributed by atoms with Gasteiger partial charge in [-0.15, -0.1) is 23.7 Å². The Kier molecular flexibility index (Phi) is 4.54. The Hall–Kier alpha value is 0.530. The topological polar surface area (TPSA) is 12.0 Å². The van der Waals surface area contributed by atoms with Gasteiger partial charge in [-0.05, 0) is 31.9 Å². The number of halogens is 3. The minimum atomic E-state index is 0. The maximum atomic E-state index is 6.10. The third-order valence-corrected chi connectivity index (χ3v) is 4.69. The Labute approximate surface area is 104 Å². The monoisotopic (exact) mass is 271 g/mol. The summed E-state index contributed by atoms with van der Waals surface area (Å²) in [6, 6.07) is 0.565. The number of fused-ring (bicyclic) bond motifs is 1. The number of hydrogen-bond donors (Lipinski definition) is 1. The van der Waals surface area contributed by atoms with Gasteiger partial charge in [0.2, 0.25) is 0 Å². The second kappa shape index (κ2) is 5.04. The third-order valence-electron chi connectivity index (χ3n) is 2.57. The SMILES string of the molecule is CNC1CCc2sc(Cl)c(Cl)c2C1.Cl. The molecule has 0 saturated carbocycles. The average Bonchev–Trinajstić information content (AvgIpc) is 2.43. The van der Waals surface area contributed by atoms with Crippen LogP contribution in [0.25, 0.3) is 0 Å². The lowest BCUT2D eigenvalue weighted by atomic mass is 9.95. The van der Waals surface area contributed by atoms with Gasteiger partial charge in [-0.2, -0.15) is 0 Å². The van der Waals surface area contributed by atoms with Crippen LogP contribution in [-0.4, -0.2) is 13.1 Å². The van der Waals surface area contributed by atoms with Crippen molar-refractivity contribution in [3.8, 4) is 0 Å². The van der Waals surface area contributed by atoms with E-state index in [1.165, 1.54) is 16.9 Å². The number of thiophene rings is 1. The molecule has 1 aliphatic carbocycles.